The van der Waals surface area contributed by atoms with Crippen molar-refractivity contribution >= 4 is 6.21 Å². The first-order valence-electron chi connectivity index (χ1n) is 9.53. The smallest absolute Gasteiger partial charge is 0.177 e. The fourth-order valence-corrected chi connectivity index (χ4v) is 2.96. The quantitative estimate of drug-likeness (QED) is 0.159. The molecule has 0 atom stereocenters. The summed E-state index contributed by atoms with van der Waals surface area (Å²) in [6.07, 6.45) is 22.2. The summed E-state index contributed by atoms with van der Waals surface area (Å²) in [4.78, 5) is 0. The van der Waals surface area contributed by atoms with E-state index in [2.05, 4.69) is 22.8 Å². The van der Waals surface area contributed by atoms with Gasteiger partial charge in [0.2, 0.25) is 0 Å². The number of nitrogens with zero attached hydrogens (tertiary/aromatic N) is 2. The number of aryl methyl sites for hydroxylation is 1. The minimum atomic E-state index is 0.939. The van der Waals surface area contributed by atoms with Gasteiger partial charge in [-0.1, -0.05) is 76.3 Å². The van der Waals surface area contributed by atoms with E-state index in [0.717, 1.165) is 12.1 Å². The van der Waals surface area contributed by atoms with E-state index in [-0.39, 0.29) is 0 Å². The van der Waals surface area contributed by atoms with Gasteiger partial charge >= 0.3 is 0 Å². The number of aromatic nitrogens is 1. The molecule has 0 saturated heterocycles. The molecule has 23 heavy (non-hydrogen) atoms. The molecule has 0 aliphatic heterocycles. The number of pyridine rings is 1. The van der Waals surface area contributed by atoms with Crippen LogP contribution in [0.2, 0.25) is 0 Å². The molecule has 1 rings (SSSR count). The van der Waals surface area contributed by atoms with Gasteiger partial charge in [-0.25, -0.2) is 4.57 Å². The van der Waals surface area contributed by atoms with E-state index in [4.69, 9.17) is 5.21 Å². The molecular weight excluding hydrogens is 284 g/mol. The fraction of sp³-hybridized carbons (Fsp3) is 0.700. The van der Waals surface area contributed by atoms with Gasteiger partial charge in [-0.05, 0) is 12.5 Å². The summed E-state index contributed by atoms with van der Waals surface area (Å²) < 4.78 is 2.17. The summed E-state index contributed by atoms with van der Waals surface area (Å²) in [5.41, 5.74) is 0.939. The molecule has 0 aromatic carbocycles. The second kappa shape index (κ2) is 14.2. The number of hydrogen-bond donors (Lipinski definition) is 1. The van der Waals surface area contributed by atoms with Crippen molar-refractivity contribution in [3.63, 3.8) is 0 Å². The summed E-state index contributed by atoms with van der Waals surface area (Å²) in [5, 5.41) is 11.6. The highest BCUT2D eigenvalue weighted by Crippen LogP contribution is 2.11. The Kier molecular flexibility index (Phi) is 12.2. The van der Waals surface area contributed by atoms with Crippen molar-refractivity contribution < 1.29 is 9.77 Å². The zero-order valence-corrected chi connectivity index (χ0v) is 14.9. The van der Waals surface area contributed by atoms with Crippen LogP contribution >= 0.6 is 0 Å². The van der Waals surface area contributed by atoms with Crippen LogP contribution in [0.5, 0.6) is 0 Å². The summed E-state index contributed by atoms with van der Waals surface area (Å²) in [6.45, 7) is 3.32. The molecule has 3 nitrogen and oxygen atoms in total. The Morgan fingerprint density at radius 1 is 0.913 bits per heavy atom. The summed E-state index contributed by atoms with van der Waals surface area (Å²) in [6, 6.07) is 3.94. The zero-order chi connectivity index (χ0) is 16.6. The van der Waals surface area contributed by atoms with E-state index in [1.165, 1.54) is 83.3 Å². The van der Waals surface area contributed by atoms with E-state index in [9.17, 15) is 0 Å². The Bertz CT molecular complexity index is 418. The molecule has 1 aromatic heterocycles. The topological polar surface area (TPSA) is 36.5 Å². The van der Waals surface area contributed by atoms with E-state index in [0.29, 0.717) is 0 Å². The van der Waals surface area contributed by atoms with Crippen LogP contribution in [0.1, 0.15) is 89.5 Å². The molecule has 0 aliphatic rings. The van der Waals surface area contributed by atoms with Crippen molar-refractivity contribution in [3.8, 4) is 0 Å². The lowest BCUT2D eigenvalue weighted by molar-refractivity contribution is -0.697. The highest BCUT2D eigenvalue weighted by molar-refractivity contribution is 5.77. The molecule has 0 amide bonds. The average Bonchev–Trinajstić information content (AvgIpc) is 2.56. The highest BCUT2D eigenvalue weighted by atomic mass is 16.4. The first kappa shape index (κ1) is 19.7. The molecule has 1 N–H and O–H groups in total. The molecule has 1 aromatic rings. The molecule has 0 bridgehead atoms. The summed E-state index contributed by atoms with van der Waals surface area (Å²) in [5.74, 6) is 0. The van der Waals surface area contributed by atoms with Gasteiger partial charge < -0.3 is 5.21 Å². The first-order chi connectivity index (χ1) is 11.4. The van der Waals surface area contributed by atoms with Crippen LogP contribution in [0.3, 0.4) is 0 Å². The van der Waals surface area contributed by atoms with E-state index >= 15 is 0 Å². The third kappa shape index (κ3) is 10.9. The maximum atomic E-state index is 8.56. The van der Waals surface area contributed by atoms with Gasteiger partial charge in [0.15, 0.2) is 12.4 Å². The third-order valence-electron chi connectivity index (χ3n) is 4.36. The van der Waals surface area contributed by atoms with Crippen molar-refractivity contribution in [1.82, 2.24) is 0 Å². The van der Waals surface area contributed by atoms with E-state index < -0.39 is 0 Å². The molecule has 0 saturated carbocycles. The molecule has 0 unspecified atom stereocenters. The number of oxime groups is 1. The normalized spacial score (nSPS) is 11.3. The number of rotatable bonds is 14. The molecule has 130 valence electrons. The number of hydrogen-bond acceptors (Lipinski definition) is 2. The van der Waals surface area contributed by atoms with Crippen molar-refractivity contribution in [1.29, 1.82) is 0 Å². The largest absolute Gasteiger partial charge is 0.411 e. The Morgan fingerprint density at radius 3 is 2.04 bits per heavy atom. The lowest BCUT2D eigenvalue weighted by Crippen LogP contribution is -2.33. The standard InChI is InChI=1S/C20H34N2O/c1-2-3-4-5-6-7-8-9-10-11-12-13-16-22-17-14-15-20(19-22)18-21-23/h14-15,17-19H,2-13,16H2,1H3/p+1/b21-18-. The Hall–Kier alpha value is -1.38. The van der Waals surface area contributed by atoms with Gasteiger partial charge in [-0.15, -0.1) is 0 Å². The van der Waals surface area contributed by atoms with Crippen LogP contribution in [0.25, 0.3) is 0 Å². The molecule has 0 spiro atoms. The van der Waals surface area contributed by atoms with Crippen LogP contribution in [0.15, 0.2) is 29.7 Å². The Balaban J connectivity index is 1.92. The van der Waals surface area contributed by atoms with Crippen molar-refractivity contribution in [2.75, 3.05) is 0 Å². The zero-order valence-electron chi connectivity index (χ0n) is 14.9. The summed E-state index contributed by atoms with van der Waals surface area (Å²) >= 11 is 0. The third-order valence-corrected chi connectivity index (χ3v) is 4.36. The van der Waals surface area contributed by atoms with Crippen molar-refractivity contribution in [3.05, 3.63) is 30.1 Å². The molecule has 3 heteroatoms. The Labute approximate surface area is 142 Å². The van der Waals surface area contributed by atoms with Gasteiger partial charge in [-0.3, -0.25) is 0 Å². The van der Waals surface area contributed by atoms with Crippen LogP contribution in [0, 0.1) is 0 Å². The fourth-order valence-electron chi connectivity index (χ4n) is 2.96. The summed E-state index contributed by atoms with van der Waals surface area (Å²) in [7, 11) is 0. The van der Waals surface area contributed by atoms with Gasteiger partial charge in [0.1, 0.15) is 6.54 Å². The predicted molar refractivity (Wildman–Crippen MR) is 97.1 cm³/mol. The van der Waals surface area contributed by atoms with E-state index in [1.807, 2.05) is 18.3 Å². The van der Waals surface area contributed by atoms with Crippen molar-refractivity contribution in [2.45, 2.75) is 90.5 Å². The maximum Gasteiger partial charge on any atom is 0.177 e. The van der Waals surface area contributed by atoms with Crippen LogP contribution < -0.4 is 4.57 Å². The van der Waals surface area contributed by atoms with Gasteiger partial charge in [0, 0.05) is 12.5 Å². The monoisotopic (exact) mass is 319 g/mol. The maximum absolute atomic E-state index is 8.56. The lowest BCUT2D eigenvalue weighted by Gasteiger charge is -2.02. The molecule has 0 fully saturated rings. The van der Waals surface area contributed by atoms with Gasteiger partial charge in [0.05, 0.1) is 11.8 Å². The lowest BCUT2D eigenvalue weighted by atomic mass is 10.1. The highest BCUT2D eigenvalue weighted by Gasteiger charge is 2.01. The predicted octanol–water partition coefficient (Wildman–Crippen LogP) is 5.48. The molecule has 0 aliphatic carbocycles. The van der Waals surface area contributed by atoms with Gasteiger partial charge in [-0.2, -0.15) is 0 Å². The van der Waals surface area contributed by atoms with Crippen LogP contribution in [0.4, 0.5) is 0 Å². The second-order valence-electron chi connectivity index (χ2n) is 6.51. The SMILES string of the molecule is CCCCCCCCCCCCCC[n+]1cccc(/C=N\O)c1. The van der Waals surface area contributed by atoms with Gasteiger partial charge in [0.25, 0.3) is 0 Å². The second-order valence-corrected chi connectivity index (χ2v) is 6.51. The first-order valence-corrected chi connectivity index (χ1v) is 9.53. The molecule has 0 radical (unpaired) electrons. The minimum Gasteiger partial charge on any atom is -0.411 e. The average molecular weight is 320 g/mol. The minimum absolute atomic E-state index is 0.939. The van der Waals surface area contributed by atoms with Crippen LogP contribution in [-0.2, 0) is 6.54 Å². The molecular formula is C20H35N2O+. The Morgan fingerprint density at radius 2 is 1.48 bits per heavy atom. The van der Waals surface area contributed by atoms with E-state index in [1.54, 1.807) is 0 Å². The van der Waals surface area contributed by atoms with Crippen molar-refractivity contribution in [2.24, 2.45) is 5.16 Å². The molecule has 1 heterocycles. The van der Waals surface area contributed by atoms with Crippen LogP contribution in [-0.4, -0.2) is 11.4 Å². The number of unbranched alkanes of at least 4 members (excludes halogenated alkanes) is 11.